The molecule has 2 aromatic heterocycles. The van der Waals surface area contributed by atoms with Crippen molar-refractivity contribution in [3.63, 3.8) is 0 Å². The van der Waals surface area contributed by atoms with Crippen molar-refractivity contribution >= 4 is 56.9 Å². The molecule has 1 aliphatic heterocycles. The highest BCUT2D eigenvalue weighted by molar-refractivity contribution is 9.11. The van der Waals surface area contributed by atoms with Gasteiger partial charge in [-0.25, -0.2) is 4.98 Å². The Kier molecular flexibility index (Phi) is 5.79. The molecule has 0 aliphatic carbocycles. The molecule has 114 valence electrons. The summed E-state index contributed by atoms with van der Waals surface area (Å²) < 4.78 is 1.07. The van der Waals surface area contributed by atoms with Gasteiger partial charge in [0.25, 0.3) is 5.91 Å². The number of aromatic nitrogens is 1. The monoisotopic (exact) mass is 407 g/mol. The van der Waals surface area contributed by atoms with Crippen LogP contribution >= 0.6 is 51.0 Å². The van der Waals surface area contributed by atoms with Gasteiger partial charge >= 0.3 is 0 Å². The van der Waals surface area contributed by atoms with Gasteiger partial charge in [-0.05, 0) is 46.9 Å². The molecule has 8 heteroatoms. The summed E-state index contributed by atoms with van der Waals surface area (Å²) in [5.74, 6) is 0.462. The Hall–Kier alpha value is -0.470. The Morgan fingerprint density at radius 2 is 2.33 bits per heavy atom. The zero-order valence-corrected chi connectivity index (χ0v) is 15.2. The van der Waals surface area contributed by atoms with Crippen LogP contribution in [0.15, 0.2) is 21.3 Å². The standard InChI is InChI=1S/C13H14BrN3OS2.ClH/c14-11-2-1-10(20-11)12-16-9(7-19-12)13(18)17-4-3-8(5-15)6-17;/h1-2,7-8H,3-6,15H2;1H. The molecule has 2 N–H and O–H groups in total. The average molecular weight is 409 g/mol. The number of hydrogen-bond donors (Lipinski definition) is 1. The molecule has 0 spiro atoms. The number of nitrogens with zero attached hydrogens (tertiary/aromatic N) is 2. The molecule has 0 radical (unpaired) electrons. The molecule has 21 heavy (non-hydrogen) atoms. The number of rotatable bonds is 3. The number of likely N-dealkylation sites (tertiary alicyclic amines) is 1. The number of carbonyl (C=O) groups excluding carboxylic acids is 1. The molecule has 3 heterocycles. The lowest BCUT2D eigenvalue weighted by Crippen LogP contribution is -2.30. The van der Waals surface area contributed by atoms with Gasteiger partial charge in [-0.15, -0.1) is 35.1 Å². The van der Waals surface area contributed by atoms with Crippen molar-refractivity contribution in [3.05, 3.63) is 27.0 Å². The number of nitrogens with two attached hydrogens (primary N) is 1. The maximum Gasteiger partial charge on any atom is 0.273 e. The number of thiophene rings is 1. The molecule has 1 amide bonds. The first-order chi connectivity index (χ1) is 9.67. The number of hydrogen-bond acceptors (Lipinski definition) is 5. The van der Waals surface area contributed by atoms with E-state index in [1.165, 1.54) is 11.3 Å². The molecule has 4 nitrogen and oxygen atoms in total. The van der Waals surface area contributed by atoms with Gasteiger partial charge in [0.15, 0.2) is 0 Å². The molecule has 1 unspecified atom stereocenters. The van der Waals surface area contributed by atoms with Crippen LogP contribution in [-0.4, -0.2) is 35.4 Å². The van der Waals surface area contributed by atoms with Crippen molar-refractivity contribution in [1.29, 1.82) is 0 Å². The van der Waals surface area contributed by atoms with Crippen molar-refractivity contribution in [2.75, 3.05) is 19.6 Å². The Bertz CT molecular complexity index is 630. The fourth-order valence-corrected chi connectivity index (χ4v) is 4.54. The predicted octanol–water partition coefficient (Wildman–Crippen LogP) is 3.48. The summed E-state index contributed by atoms with van der Waals surface area (Å²) in [6.45, 7) is 2.19. The lowest BCUT2D eigenvalue weighted by Gasteiger charge is -2.14. The minimum atomic E-state index is 0. The Morgan fingerprint density at radius 1 is 1.52 bits per heavy atom. The van der Waals surface area contributed by atoms with Crippen LogP contribution in [0.3, 0.4) is 0 Å². The Morgan fingerprint density at radius 3 is 2.95 bits per heavy atom. The average Bonchev–Trinajstić information content (AvgIpc) is 3.17. The first-order valence-corrected chi connectivity index (χ1v) is 8.87. The summed E-state index contributed by atoms with van der Waals surface area (Å²) in [7, 11) is 0. The molecule has 0 aromatic carbocycles. The number of halogens is 2. The molecule has 3 rings (SSSR count). The Labute approximate surface area is 145 Å². The van der Waals surface area contributed by atoms with Gasteiger partial charge in [-0.3, -0.25) is 4.79 Å². The zero-order chi connectivity index (χ0) is 14.1. The van der Waals surface area contributed by atoms with E-state index < -0.39 is 0 Å². The number of carbonyl (C=O) groups is 1. The molecular formula is C13H15BrClN3OS2. The van der Waals surface area contributed by atoms with E-state index >= 15 is 0 Å². The van der Waals surface area contributed by atoms with E-state index in [4.69, 9.17) is 5.73 Å². The summed E-state index contributed by atoms with van der Waals surface area (Å²) in [5.41, 5.74) is 6.21. The van der Waals surface area contributed by atoms with Gasteiger partial charge in [-0.1, -0.05) is 0 Å². The van der Waals surface area contributed by atoms with Crippen molar-refractivity contribution in [1.82, 2.24) is 9.88 Å². The van der Waals surface area contributed by atoms with Crippen LogP contribution in [0, 0.1) is 5.92 Å². The number of amides is 1. The second kappa shape index (κ2) is 7.19. The van der Waals surface area contributed by atoms with Gasteiger partial charge in [0.2, 0.25) is 0 Å². The molecule has 2 aromatic rings. The largest absolute Gasteiger partial charge is 0.337 e. The fraction of sp³-hybridized carbons (Fsp3) is 0.385. The van der Waals surface area contributed by atoms with Gasteiger partial charge < -0.3 is 10.6 Å². The van der Waals surface area contributed by atoms with Crippen LogP contribution < -0.4 is 5.73 Å². The van der Waals surface area contributed by atoms with Crippen LogP contribution in [0.1, 0.15) is 16.9 Å². The van der Waals surface area contributed by atoms with Crippen LogP contribution in [-0.2, 0) is 0 Å². The summed E-state index contributed by atoms with van der Waals surface area (Å²) in [6, 6.07) is 4.01. The van der Waals surface area contributed by atoms with Crippen LogP contribution in [0.25, 0.3) is 9.88 Å². The van der Waals surface area contributed by atoms with Crippen LogP contribution in [0.2, 0.25) is 0 Å². The zero-order valence-electron chi connectivity index (χ0n) is 11.1. The van der Waals surface area contributed by atoms with E-state index in [1.54, 1.807) is 11.3 Å². The normalized spacial score (nSPS) is 17.8. The smallest absolute Gasteiger partial charge is 0.273 e. The van der Waals surface area contributed by atoms with Gasteiger partial charge in [0.1, 0.15) is 10.7 Å². The van der Waals surface area contributed by atoms with E-state index in [1.807, 2.05) is 22.4 Å². The summed E-state index contributed by atoms with van der Waals surface area (Å²) in [5, 5.41) is 2.75. The molecule has 0 saturated carbocycles. The fourth-order valence-electron chi connectivity index (χ4n) is 2.29. The Balaban J connectivity index is 0.00000161. The second-order valence-electron chi connectivity index (χ2n) is 4.78. The topological polar surface area (TPSA) is 59.2 Å². The molecule has 1 aliphatic rings. The summed E-state index contributed by atoms with van der Waals surface area (Å²) >= 11 is 6.58. The van der Waals surface area contributed by atoms with Gasteiger partial charge in [0.05, 0.1) is 8.66 Å². The van der Waals surface area contributed by atoms with Crippen molar-refractivity contribution in [2.24, 2.45) is 11.7 Å². The first-order valence-electron chi connectivity index (χ1n) is 6.38. The van der Waals surface area contributed by atoms with Gasteiger partial charge in [0, 0.05) is 18.5 Å². The van der Waals surface area contributed by atoms with E-state index in [0.717, 1.165) is 33.2 Å². The van der Waals surface area contributed by atoms with E-state index in [2.05, 4.69) is 20.9 Å². The molecule has 1 atom stereocenters. The molecule has 0 bridgehead atoms. The highest BCUT2D eigenvalue weighted by Gasteiger charge is 2.27. The lowest BCUT2D eigenvalue weighted by molar-refractivity contribution is 0.0783. The summed E-state index contributed by atoms with van der Waals surface area (Å²) in [4.78, 5) is 19.8. The van der Waals surface area contributed by atoms with Crippen LogP contribution in [0.4, 0.5) is 0 Å². The summed E-state index contributed by atoms with van der Waals surface area (Å²) in [6.07, 6.45) is 0.997. The van der Waals surface area contributed by atoms with Crippen LogP contribution in [0.5, 0.6) is 0 Å². The minimum Gasteiger partial charge on any atom is -0.337 e. The molecule has 1 saturated heterocycles. The maximum absolute atomic E-state index is 12.4. The highest BCUT2D eigenvalue weighted by Crippen LogP contribution is 2.33. The SMILES string of the molecule is Cl.NCC1CCN(C(=O)c2csc(-c3ccc(Br)s3)n2)C1. The minimum absolute atomic E-state index is 0. The molecular weight excluding hydrogens is 394 g/mol. The maximum atomic E-state index is 12.4. The van der Waals surface area contributed by atoms with Gasteiger partial charge in [-0.2, -0.15) is 0 Å². The highest BCUT2D eigenvalue weighted by atomic mass is 79.9. The quantitative estimate of drug-likeness (QED) is 0.846. The first kappa shape index (κ1) is 16.9. The third kappa shape index (κ3) is 3.65. The molecule has 1 fully saturated rings. The van der Waals surface area contributed by atoms with Crippen molar-refractivity contribution in [2.45, 2.75) is 6.42 Å². The number of thiazole rings is 1. The van der Waals surface area contributed by atoms with E-state index in [-0.39, 0.29) is 18.3 Å². The van der Waals surface area contributed by atoms with Crippen molar-refractivity contribution in [3.8, 4) is 9.88 Å². The third-order valence-electron chi connectivity index (χ3n) is 3.41. The lowest BCUT2D eigenvalue weighted by atomic mass is 10.1. The third-order valence-corrected chi connectivity index (χ3v) is 6.05. The van der Waals surface area contributed by atoms with E-state index in [0.29, 0.717) is 18.2 Å². The second-order valence-corrected chi connectivity index (χ2v) is 8.10. The van der Waals surface area contributed by atoms with Crippen molar-refractivity contribution < 1.29 is 4.79 Å². The van der Waals surface area contributed by atoms with E-state index in [9.17, 15) is 4.79 Å². The predicted molar refractivity (Wildman–Crippen MR) is 93.4 cm³/mol.